The summed E-state index contributed by atoms with van der Waals surface area (Å²) in [7, 11) is -0.470. The number of hydrogen-bond donors (Lipinski definition) is 2. The average molecular weight is 433 g/mol. The molecule has 0 spiro atoms. The molecule has 31 heavy (non-hydrogen) atoms. The van der Waals surface area contributed by atoms with E-state index in [1.54, 1.807) is 36.7 Å². The number of aromatic amines is 1. The fourth-order valence-electron chi connectivity index (χ4n) is 3.31. The van der Waals surface area contributed by atoms with Gasteiger partial charge in [0.2, 0.25) is 10.0 Å². The van der Waals surface area contributed by atoms with Crippen molar-refractivity contribution in [2.75, 3.05) is 19.4 Å². The van der Waals surface area contributed by atoms with Gasteiger partial charge in [-0.1, -0.05) is 12.1 Å². The fourth-order valence-corrected chi connectivity index (χ4v) is 4.21. The zero-order valence-electron chi connectivity index (χ0n) is 16.8. The highest BCUT2D eigenvalue weighted by atomic mass is 32.2. The number of hydrogen-bond acceptors (Lipinski definition) is 6. The van der Waals surface area contributed by atoms with Crippen molar-refractivity contribution >= 4 is 38.1 Å². The van der Waals surface area contributed by atoms with Gasteiger partial charge in [0.15, 0.2) is 11.5 Å². The van der Waals surface area contributed by atoms with Crippen LogP contribution in [0.4, 0.5) is 11.5 Å². The molecule has 0 bridgehead atoms. The molecule has 0 amide bonds. The first-order valence-corrected chi connectivity index (χ1v) is 10.9. The maximum absolute atomic E-state index is 12.3. The zero-order valence-corrected chi connectivity index (χ0v) is 17.6. The molecule has 0 aliphatic heterocycles. The molecule has 156 valence electrons. The largest absolute Gasteiger partial charge is 0.337 e. The van der Waals surface area contributed by atoms with E-state index in [1.165, 1.54) is 18.4 Å². The van der Waals surface area contributed by atoms with Crippen LogP contribution in [-0.2, 0) is 10.0 Å². The van der Waals surface area contributed by atoms with Crippen molar-refractivity contribution in [3.8, 4) is 11.3 Å². The minimum Gasteiger partial charge on any atom is -0.337 e. The van der Waals surface area contributed by atoms with Gasteiger partial charge in [0.1, 0.15) is 0 Å². The van der Waals surface area contributed by atoms with Crippen molar-refractivity contribution < 1.29 is 8.42 Å². The first-order valence-electron chi connectivity index (χ1n) is 9.49. The second kappa shape index (κ2) is 7.18. The highest BCUT2D eigenvalue weighted by Crippen LogP contribution is 2.27. The smallest absolute Gasteiger partial charge is 0.242 e. The molecule has 0 atom stereocenters. The van der Waals surface area contributed by atoms with Crippen LogP contribution in [0, 0.1) is 0 Å². The number of fused-ring (bicyclic) bond motifs is 2. The Morgan fingerprint density at radius 3 is 2.68 bits per heavy atom. The average Bonchev–Trinajstić information content (AvgIpc) is 3.42. The Bertz CT molecular complexity index is 1500. The molecule has 0 unspecified atom stereocenters. The molecule has 0 radical (unpaired) electrons. The fraction of sp³-hybridized carbons (Fsp3) is 0.0952. The first kappa shape index (κ1) is 19.2. The lowest BCUT2D eigenvalue weighted by Crippen LogP contribution is -2.22. The van der Waals surface area contributed by atoms with E-state index in [9.17, 15) is 8.42 Å². The predicted octanol–water partition coefficient (Wildman–Crippen LogP) is 3.27. The second-order valence-electron chi connectivity index (χ2n) is 7.24. The van der Waals surface area contributed by atoms with Gasteiger partial charge in [0, 0.05) is 49.3 Å². The molecule has 0 aliphatic rings. The second-order valence-corrected chi connectivity index (χ2v) is 9.39. The van der Waals surface area contributed by atoms with Gasteiger partial charge < -0.3 is 9.72 Å². The summed E-state index contributed by atoms with van der Waals surface area (Å²) in [5, 5.41) is 11.3. The Labute approximate surface area is 178 Å². The molecule has 0 aliphatic carbocycles. The van der Waals surface area contributed by atoms with Crippen molar-refractivity contribution in [3.63, 3.8) is 0 Å². The third-order valence-corrected chi connectivity index (χ3v) is 6.84. The van der Waals surface area contributed by atoms with Gasteiger partial charge in [-0.2, -0.15) is 5.10 Å². The van der Waals surface area contributed by atoms with Crippen LogP contribution in [0.25, 0.3) is 27.8 Å². The summed E-state index contributed by atoms with van der Waals surface area (Å²) in [6.07, 6.45) is 7.25. The van der Waals surface area contributed by atoms with Crippen molar-refractivity contribution in [3.05, 3.63) is 67.3 Å². The quantitative estimate of drug-likeness (QED) is 0.440. The molecule has 5 rings (SSSR count). The number of nitrogens with one attached hydrogen (secondary N) is 2. The first-order chi connectivity index (χ1) is 14.9. The molecule has 0 saturated heterocycles. The Kier molecular flexibility index (Phi) is 4.45. The summed E-state index contributed by atoms with van der Waals surface area (Å²) in [5.41, 5.74) is 3.99. The predicted molar refractivity (Wildman–Crippen MR) is 119 cm³/mol. The topological polar surface area (TPSA) is 108 Å². The number of anilines is 2. The highest BCUT2D eigenvalue weighted by molar-refractivity contribution is 7.89. The molecule has 2 aromatic carbocycles. The number of imidazole rings is 1. The number of nitrogens with zero attached hydrogens (tertiary/aromatic N) is 5. The van der Waals surface area contributed by atoms with E-state index in [1.807, 2.05) is 35.0 Å². The van der Waals surface area contributed by atoms with Gasteiger partial charge in [0.05, 0.1) is 22.3 Å². The van der Waals surface area contributed by atoms with Gasteiger partial charge in [-0.3, -0.25) is 5.10 Å². The van der Waals surface area contributed by atoms with Gasteiger partial charge >= 0.3 is 0 Å². The van der Waals surface area contributed by atoms with Crippen LogP contribution in [0.3, 0.4) is 0 Å². The minimum atomic E-state index is -3.48. The SMILES string of the molecule is CN(C)S(=O)(=O)c1ccc(Nc2nc(-c3ccc4cn[nH]c4c3)cn3ccnc23)cc1. The van der Waals surface area contributed by atoms with Crippen molar-refractivity contribution in [1.82, 2.24) is 28.9 Å². The number of benzene rings is 2. The van der Waals surface area contributed by atoms with Crippen molar-refractivity contribution in [2.45, 2.75) is 4.90 Å². The molecule has 9 nitrogen and oxygen atoms in total. The third kappa shape index (κ3) is 3.41. The molecule has 2 N–H and O–H groups in total. The number of rotatable bonds is 5. The molecule has 0 saturated carbocycles. The summed E-state index contributed by atoms with van der Waals surface area (Å²) >= 11 is 0. The van der Waals surface area contributed by atoms with E-state index in [0.717, 1.165) is 22.2 Å². The summed E-state index contributed by atoms with van der Waals surface area (Å²) in [6, 6.07) is 12.5. The van der Waals surface area contributed by atoms with Crippen molar-refractivity contribution in [2.24, 2.45) is 0 Å². The summed E-state index contributed by atoms with van der Waals surface area (Å²) in [6.45, 7) is 0. The Morgan fingerprint density at radius 2 is 1.90 bits per heavy atom. The van der Waals surface area contributed by atoms with Crippen LogP contribution < -0.4 is 5.32 Å². The van der Waals surface area contributed by atoms with Gasteiger partial charge in [0.25, 0.3) is 0 Å². The minimum absolute atomic E-state index is 0.226. The lowest BCUT2D eigenvalue weighted by Gasteiger charge is -2.13. The summed E-state index contributed by atoms with van der Waals surface area (Å²) < 4.78 is 27.7. The van der Waals surface area contributed by atoms with E-state index in [4.69, 9.17) is 4.98 Å². The van der Waals surface area contributed by atoms with Crippen LogP contribution in [-0.4, -0.2) is 51.4 Å². The van der Waals surface area contributed by atoms with Crippen LogP contribution in [0.5, 0.6) is 0 Å². The van der Waals surface area contributed by atoms with Crippen LogP contribution in [0.1, 0.15) is 0 Å². The molecule has 0 fully saturated rings. The maximum Gasteiger partial charge on any atom is 0.242 e. The number of aromatic nitrogens is 5. The van der Waals surface area contributed by atoms with E-state index >= 15 is 0 Å². The van der Waals surface area contributed by atoms with Crippen LogP contribution in [0.15, 0.2) is 72.1 Å². The zero-order chi connectivity index (χ0) is 21.6. The molecular formula is C21H19N7O2S. The lowest BCUT2D eigenvalue weighted by atomic mass is 10.1. The van der Waals surface area contributed by atoms with Crippen LogP contribution in [0.2, 0.25) is 0 Å². The van der Waals surface area contributed by atoms with Gasteiger partial charge in [-0.25, -0.2) is 22.7 Å². The van der Waals surface area contributed by atoms with E-state index in [2.05, 4.69) is 20.5 Å². The van der Waals surface area contributed by atoms with Gasteiger partial charge in [-0.05, 0) is 30.3 Å². The third-order valence-electron chi connectivity index (χ3n) is 5.01. The normalized spacial score (nSPS) is 12.1. The van der Waals surface area contributed by atoms with E-state index in [-0.39, 0.29) is 4.90 Å². The van der Waals surface area contributed by atoms with Gasteiger partial charge in [-0.15, -0.1) is 0 Å². The Morgan fingerprint density at radius 1 is 1.10 bits per heavy atom. The van der Waals surface area contributed by atoms with Crippen molar-refractivity contribution in [1.29, 1.82) is 0 Å². The molecule has 3 heterocycles. The molecule has 10 heteroatoms. The standard InChI is InChI=1S/C21H19N7O2S/c1-27(2)31(29,30)17-7-5-16(6-8-17)24-20-21-22-9-10-28(21)13-19(25-20)14-3-4-15-12-23-26-18(15)11-14/h3-13H,1-2H3,(H,23,26)(H,24,25). The molecular weight excluding hydrogens is 414 g/mol. The van der Waals surface area contributed by atoms with E-state index < -0.39 is 10.0 Å². The maximum atomic E-state index is 12.3. The van der Waals surface area contributed by atoms with Crippen LogP contribution >= 0.6 is 0 Å². The number of H-pyrrole nitrogens is 1. The lowest BCUT2D eigenvalue weighted by molar-refractivity contribution is 0.521. The molecule has 3 aromatic heterocycles. The summed E-state index contributed by atoms with van der Waals surface area (Å²) in [5.74, 6) is 0.565. The van der Waals surface area contributed by atoms with E-state index in [0.29, 0.717) is 17.2 Å². The monoisotopic (exact) mass is 433 g/mol. The Balaban J connectivity index is 1.53. The highest BCUT2D eigenvalue weighted by Gasteiger charge is 2.17. The summed E-state index contributed by atoms with van der Waals surface area (Å²) in [4.78, 5) is 9.39. The Hall–Kier alpha value is -3.76. The molecule has 5 aromatic rings. The number of sulfonamides is 1.